The van der Waals surface area contributed by atoms with Crippen LogP contribution in [0.2, 0.25) is 10.0 Å². The van der Waals surface area contributed by atoms with Crippen LogP contribution in [0.15, 0.2) is 61.1 Å². The number of nitriles is 1. The number of aliphatic hydroxyl groups is 2. The number of pyridine rings is 2. The van der Waals surface area contributed by atoms with Crippen LogP contribution in [-0.4, -0.2) is 70.1 Å². The molecule has 3 heterocycles. The average molecular weight is 735 g/mol. The van der Waals surface area contributed by atoms with Gasteiger partial charge in [-0.3, -0.25) is 4.98 Å². The minimum atomic E-state index is -0.913. The molecule has 3 N–H and O–H groups in total. The lowest BCUT2D eigenvalue weighted by Crippen LogP contribution is -2.48. The van der Waals surface area contributed by atoms with E-state index >= 15 is 0 Å². The van der Waals surface area contributed by atoms with Gasteiger partial charge < -0.3 is 34.6 Å². The number of halogens is 2. The number of benzene rings is 2. The molecule has 0 bridgehead atoms. The molecule has 0 unspecified atom stereocenters. The molecule has 0 amide bonds. The summed E-state index contributed by atoms with van der Waals surface area (Å²) in [5, 5.41) is 32.9. The van der Waals surface area contributed by atoms with Crippen LogP contribution in [0, 0.1) is 18.3 Å². The molecule has 0 spiro atoms. The molecule has 1 aliphatic heterocycles. The van der Waals surface area contributed by atoms with Gasteiger partial charge in [-0.1, -0.05) is 47.8 Å². The zero-order valence-corrected chi connectivity index (χ0v) is 30.6. The molecule has 1 fully saturated rings. The fourth-order valence-electron chi connectivity index (χ4n) is 5.88. The number of hydrogen-bond donors (Lipinski definition) is 3. The van der Waals surface area contributed by atoms with Crippen LogP contribution in [0.5, 0.6) is 17.4 Å². The molecule has 270 valence electrons. The Morgan fingerprint density at radius 2 is 1.73 bits per heavy atom. The first kappa shape index (κ1) is 38.3. The van der Waals surface area contributed by atoms with E-state index in [1.54, 1.807) is 37.5 Å². The fraction of sp³-hybridized carbons (Fsp3) is 0.410. The monoisotopic (exact) mass is 733 g/mol. The number of likely N-dealkylation sites (tertiary alicyclic amines) is 1. The highest BCUT2D eigenvalue weighted by atomic mass is 35.5. The van der Waals surface area contributed by atoms with E-state index < -0.39 is 5.54 Å². The number of aromatic nitrogens is 2. The van der Waals surface area contributed by atoms with E-state index in [-0.39, 0.29) is 33.0 Å². The van der Waals surface area contributed by atoms with Crippen molar-refractivity contribution in [3.8, 4) is 34.6 Å². The van der Waals surface area contributed by atoms with E-state index in [1.165, 1.54) is 25.5 Å². The predicted octanol–water partition coefficient (Wildman–Crippen LogP) is 6.88. The quantitative estimate of drug-likeness (QED) is 0.0987. The molecule has 0 aliphatic carbocycles. The molecule has 1 aliphatic rings. The summed E-state index contributed by atoms with van der Waals surface area (Å²) in [4.78, 5) is 11.0. The van der Waals surface area contributed by atoms with Crippen LogP contribution in [0.25, 0.3) is 11.1 Å². The lowest BCUT2D eigenvalue weighted by atomic mass is 9.97. The van der Waals surface area contributed by atoms with Gasteiger partial charge in [-0.25, -0.2) is 4.98 Å². The van der Waals surface area contributed by atoms with Crippen molar-refractivity contribution >= 4 is 23.2 Å². The highest BCUT2D eigenvalue weighted by Crippen LogP contribution is 2.38. The van der Waals surface area contributed by atoms with Crippen LogP contribution in [0.1, 0.15) is 60.4 Å². The van der Waals surface area contributed by atoms with Crippen LogP contribution < -0.4 is 19.5 Å². The van der Waals surface area contributed by atoms with Gasteiger partial charge in [0.25, 0.3) is 0 Å². The van der Waals surface area contributed by atoms with Crippen molar-refractivity contribution in [2.75, 3.05) is 39.5 Å². The number of piperidine rings is 1. The summed E-state index contributed by atoms with van der Waals surface area (Å²) in [7, 11) is 0. The molecule has 4 aromatic rings. The number of aliphatic hydroxyl groups excluding tert-OH is 2. The summed E-state index contributed by atoms with van der Waals surface area (Å²) < 4.78 is 18.5. The first-order valence-corrected chi connectivity index (χ1v) is 18.0. The van der Waals surface area contributed by atoms with Gasteiger partial charge in [0.15, 0.2) is 0 Å². The van der Waals surface area contributed by atoms with Crippen molar-refractivity contribution in [3.05, 3.63) is 98.9 Å². The molecule has 0 radical (unpaired) electrons. The van der Waals surface area contributed by atoms with Gasteiger partial charge >= 0.3 is 0 Å². The minimum absolute atomic E-state index is 0.145. The third kappa shape index (κ3) is 10.3. The Morgan fingerprint density at radius 1 is 0.941 bits per heavy atom. The van der Waals surface area contributed by atoms with E-state index in [9.17, 15) is 15.5 Å². The zero-order valence-electron chi connectivity index (χ0n) is 29.1. The SMILES string of the molecule is Cc1c(COc2cc(OCc3cncc(C#N)c3)c(CNC(C)(CO)CO)cc2Cl)cccc1-c1ccnc(OCCCN2CCCCC2)c1Cl. The zero-order chi connectivity index (χ0) is 36.2. The van der Waals surface area contributed by atoms with Gasteiger partial charge in [0.1, 0.15) is 35.8 Å². The van der Waals surface area contributed by atoms with E-state index in [2.05, 4.69) is 26.3 Å². The van der Waals surface area contributed by atoms with Crippen molar-refractivity contribution in [2.24, 2.45) is 0 Å². The first-order valence-electron chi connectivity index (χ1n) is 17.2. The number of nitrogens with zero attached hydrogens (tertiary/aromatic N) is 4. The molecule has 2 aromatic carbocycles. The van der Waals surface area contributed by atoms with E-state index in [0.29, 0.717) is 50.7 Å². The highest BCUT2D eigenvalue weighted by Gasteiger charge is 2.23. The Morgan fingerprint density at radius 3 is 2.49 bits per heavy atom. The molecule has 1 saturated heterocycles. The van der Waals surface area contributed by atoms with Crippen LogP contribution >= 0.6 is 23.2 Å². The van der Waals surface area contributed by atoms with Gasteiger partial charge in [-0.15, -0.1) is 0 Å². The summed E-state index contributed by atoms with van der Waals surface area (Å²) in [6.45, 7) is 7.70. The Bertz CT molecular complexity index is 1810. The Kier molecular flexibility index (Phi) is 13.9. The standard InChI is InChI=1S/C39H45Cl2N5O5/c1-27-30(8-6-9-32(27)33-10-11-44-38(37(33)41)49-15-7-14-46-12-4-3-5-13-46)24-51-36-18-35(50-23-29-16-28(19-42)20-43-21-29)31(17-34(36)40)22-45-39(2,25-47)26-48/h6,8-11,16-18,20-21,45,47-48H,3-5,7,12-15,22-26H2,1-2H3. The lowest BCUT2D eigenvalue weighted by molar-refractivity contribution is 0.103. The molecule has 2 aromatic heterocycles. The van der Waals surface area contributed by atoms with Gasteiger partial charge in [0.05, 0.1) is 35.9 Å². The predicted molar refractivity (Wildman–Crippen MR) is 198 cm³/mol. The average Bonchev–Trinajstić information content (AvgIpc) is 3.16. The number of rotatable bonds is 17. The van der Waals surface area contributed by atoms with Gasteiger partial charge in [-0.05, 0) is 81.1 Å². The molecule has 10 nitrogen and oxygen atoms in total. The van der Waals surface area contributed by atoms with Gasteiger partial charge in [0.2, 0.25) is 5.88 Å². The third-order valence-corrected chi connectivity index (χ3v) is 9.78. The fourth-order valence-corrected chi connectivity index (χ4v) is 6.39. The normalized spacial score (nSPS) is 13.5. The highest BCUT2D eigenvalue weighted by molar-refractivity contribution is 6.34. The molecule has 12 heteroatoms. The number of nitrogens with one attached hydrogen (secondary N) is 1. The maximum absolute atomic E-state index is 9.79. The van der Waals surface area contributed by atoms with Crippen molar-refractivity contribution in [1.29, 1.82) is 5.26 Å². The summed E-state index contributed by atoms with van der Waals surface area (Å²) >= 11 is 13.6. The maximum Gasteiger partial charge on any atom is 0.233 e. The summed E-state index contributed by atoms with van der Waals surface area (Å²) in [6, 6.07) is 15.1. The van der Waals surface area contributed by atoms with E-state index in [0.717, 1.165) is 48.3 Å². The lowest BCUT2D eigenvalue weighted by Gasteiger charge is -2.27. The summed E-state index contributed by atoms with van der Waals surface area (Å²) in [5.41, 5.74) is 4.63. The van der Waals surface area contributed by atoms with Crippen molar-refractivity contribution in [1.82, 2.24) is 20.2 Å². The first-order chi connectivity index (χ1) is 24.7. The second kappa shape index (κ2) is 18.5. The molecular formula is C39H45Cl2N5O5. The van der Waals surface area contributed by atoms with Crippen LogP contribution in [0.4, 0.5) is 0 Å². The molecule has 0 atom stereocenters. The number of hydrogen-bond acceptors (Lipinski definition) is 10. The molecule has 0 saturated carbocycles. The Balaban J connectivity index is 1.31. The Labute approximate surface area is 309 Å². The second-order valence-electron chi connectivity index (χ2n) is 13.1. The smallest absolute Gasteiger partial charge is 0.233 e. The second-order valence-corrected chi connectivity index (χ2v) is 13.8. The van der Waals surface area contributed by atoms with Crippen LogP contribution in [0.3, 0.4) is 0 Å². The molecule has 5 rings (SSSR count). The van der Waals surface area contributed by atoms with Crippen molar-refractivity contribution in [2.45, 2.75) is 64.8 Å². The molecular weight excluding hydrogens is 689 g/mol. The van der Waals surface area contributed by atoms with Crippen molar-refractivity contribution < 1.29 is 24.4 Å². The maximum atomic E-state index is 9.79. The van der Waals surface area contributed by atoms with Gasteiger partial charge in [-0.2, -0.15) is 5.26 Å². The van der Waals surface area contributed by atoms with Crippen LogP contribution in [-0.2, 0) is 19.8 Å². The van der Waals surface area contributed by atoms with Gasteiger partial charge in [0, 0.05) is 54.4 Å². The minimum Gasteiger partial charge on any atom is -0.488 e. The summed E-state index contributed by atoms with van der Waals surface area (Å²) in [5.74, 6) is 1.33. The topological polar surface area (TPSA) is 133 Å². The number of ether oxygens (including phenoxy) is 3. The van der Waals surface area contributed by atoms with Crippen molar-refractivity contribution in [3.63, 3.8) is 0 Å². The summed E-state index contributed by atoms with van der Waals surface area (Å²) in [6.07, 6.45) is 9.61. The molecule has 51 heavy (non-hydrogen) atoms. The van der Waals surface area contributed by atoms with E-state index in [4.69, 9.17) is 37.4 Å². The Hall–Kier alpha value is -3.95. The van der Waals surface area contributed by atoms with E-state index in [1.807, 2.05) is 31.2 Å². The largest absolute Gasteiger partial charge is 0.488 e. The third-order valence-electron chi connectivity index (χ3n) is 9.12.